The van der Waals surface area contributed by atoms with Gasteiger partial charge in [0.05, 0.1) is 9.82 Å². The number of amides is 1. The highest BCUT2D eigenvalue weighted by Crippen LogP contribution is 2.48. The van der Waals surface area contributed by atoms with Gasteiger partial charge in [-0.3, -0.25) is 14.9 Å². The Hall–Kier alpha value is -1.96. The molecular weight excluding hydrogens is 320 g/mol. The number of carbonyl (C=O) groups is 1. The van der Waals surface area contributed by atoms with E-state index in [1.165, 1.54) is 19.1 Å². The van der Waals surface area contributed by atoms with Gasteiger partial charge in [0.15, 0.2) is 0 Å². The van der Waals surface area contributed by atoms with Crippen LogP contribution in [0.2, 0.25) is 0 Å². The SMILES string of the molecule is Cc1cc([N+](=O)[O-])ccc1S(=O)(=O)NC(=O)C1CC2CCC1C2. The lowest BCUT2D eigenvalue weighted by Gasteiger charge is -2.20. The third-order valence-electron chi connectivity index (χ3n) is 4.97. The number of nitrogens with zero attached hydrogens (tertiary/aromatic N) is 1. The summed E-state index contributed by atoms with van der Waals surface area (Å²) in [5, 5.41) is 10.7. The van der Waals surface area contributed by atoms with Crippen molar-refractivity contribution in [2.75, 3.05) is 0 Å². The van der Waals surface area contributed by atoms with Gasteiger partial charge in [-0.15, -0.1) is 0 Å². The quantitative estimate of drug-likeness (QED) is 0.668. The first-order chi connectivity index (χ1) is 10.8. The van der Waals surface area contributed by atoms with Crippen molar-refractivity contribution in [3.8, 4) is 0 Å². The maximum atomic E-state index is 12.4. The van der Waals surface area contributed by atoms with Crippen molar-refractivity contribution in [1.29, 1.82) is 0 Å². The highest BCUT2D eigenvalue weighted by molar-refractivity contribution is 7.90. The molecule has 3 atom stereocenters. The van der Waals surface area contributed by atoms with E-state index in [0.717, 1.165) is 31.7 Å². The number of fused-ring (bicyclic) bond motifs is 2. The van der Waals surface area contributed by atoms with Crippen LogP contribution in [0.5, 0.6) is 0 Å². The number of sulfonamides is 1. The van der Waals surface area contributed by atoms with Gasteiger partial charge in [0.2, 0.25) is 5.91 Å². The van der Waals surface area contributed by atoms with E-state index < -0.39 is 20.9 Å². The largest absolute Gasteiger partial charge is 0.274 e. The fraction of sp³-hybridized carbons (Fsp3) is 0.533. The first-order valence-electron chi connectivity index (χ1n) is 7.59. The number of nitrogens with one attached hydrogen (secondary N) is 1. The third-order valence-corrected chi connectivity index (χ3v) is 6.48. The normalized spacial score (nSPS) is 26.2. The van der Waals surface area contributed by atoms with Crippen LogP contribution in [0, 0.1) is 34.8 Å². The summed E-state index contributed by atoms with van der Waals surface area (Å²) >= 11 is 0. The molecule has 0 aromatic heterocycles. The molecule has 2 aliphatic carbocycles. The predicted molar refractivity (Wildman–Crippen MR) is 82.1 cm³/mol. The Balaban J connectivity index is 1.79. The van der Waals surface area contributed by atoms with Crippen LogP contribution < -0.4 is 4.72 Å². The van der Waals surface area contributed by atoms with Crippen LogP contribution in [-0.4, -0.2) is 19.2 Å². The van der Waals surface area contributed by atoms with Crippen LogP contribution in [0.1, 0.15) is 31.2 Å². The molecule has 0 radical (unpaired) electrons. The summed E-state index contributed by atoms with van der Waals surface area (Å²) in [5.41, 5.74) is 0.0633. The second kappa shape index (κ2) is 5.59. The van der Waals surface area contributed by atoms with E-state index in [4.69, 9.17) is 0 Å². The Labute approximate surface area is 134 Å². The van der Waals surface area contributed by atoms with Gasteiger partial charge in [0.1, 0.15) is 0 Å². The number of hydrogen-bond acceptors (Lipinski definition) is 5. The number of benzene rings is 1. The molecule has 2 saturated carbocycles. The lowest BCUT2D eigenvalue weighted by Crippen LogP contribution is -2.38. The van der Waals surface area contributed by atoms with E-state index in [9.17, 15) is 23.3 Å². The summed E-state index contributed by atoms with van der Waals surface area (Å²) < 4.78 is 27.0. The monoisotopic (exact) mass is 338 g/mol. The first-order valence-corrected chi connectivity index (χ1v) is 9.08. The van der Waals surface area contributed by atoms with Crippen LogP contribution in [-0.2, 0) is 14.8 Å². The molecule has 1 amide bonds. The Morgan fingerprint density at radius 3 is 2.57 bits per heavy atom. The zero-order chi connectivity index (χ0) is 16.8. The van der Waals surface area contributed by atoms with Crippen LogP contribution in [0.3, 0.4) is 0 Å². The molecule has 0 saturated heterocycles. The molecule has 2 aliphatic rings. The fourth-order valence-electron chi connectivity index (χ4n) is 3.88. The van der Waals surface area contributed by atoms with Gasteiger partial charge < -0.3 is 0 Å². The smallest absolute Gasteiger partial charge is 0.269 e. The van der Waals surface area contributed by atoms with Crippen molar-refractivity contribution in [2.45, 2.75) is 37.5 Å². The second-order valence-corrected chi connectivity index (χ2v) is 8.11. The second-order valence-electron chi connectivity index (χ2n) is 6.46. The number of carbonyl (C=O) groups excluding carboxylic acids is 1. The van der Waals surface area contributed by atoms with Crippen molar-refractivity contribution >= 4 is 21.6 Å². The van der Waals surface area contributed by atoms with E-state index in [0.29, 0.717) is 5.92 Å². The van der Waals surface area contributed by atoms with Crippen LogP contribution in [0.15, 0.2) is 23.1 Å². The molecule has 1 aromatic carbocycles. The summed E-state index contributed by atoms with van der Waals surface area (Å²) in [6.45, 7) is 1.48. The Morgan fingerprint density at radius 2 is 2.04 bits per heavy atom. The van der Waals surface area contributed by atoms with Crippen molar-refractivity contribution in [2.24, 2.45) is 17.8 Å². The van der Waals surface area contributed by atoms with Crippen molar-refractivity contribution in [1.82, 2.24) is 4.72 Å². The maximum absolute atomic E-state index is 12.4. The first kappa shape index (κ1) is 15.9. The number of nitro groups is 1. The third kappa shape index (κ3) is 2.95. The molecule has 0 heterocycles. The topological polar surface area (TPSA) is 106 Å². The zero-order valence-electron chi connectivity index (χ0n) is 12.7. The standard InChI is InChI=1S/C15H18N2O5S/c1-9-6-12(17(19)20)4-5-14(9)23(21,22)16-15(18)13-8-10-2-3-11(13)7-10/h4-6,10-11,13H,2-3,7-8H2,1H3,(H,16,18). The Kier molecular flexibility index (Phi) is 3.87. The number of nitro benzene ring substituents is 1. The fourth-order valence-corrected chi connectivity index (χ4v) is 5.13. The van der Waals surface area contributed by atoms with Crippen LogP contribution >= 0.6 is 0 Å². The number of hydrogen-bond donors (Lipinski definition) is 1. The minimum atomic E-state index is -4.01. The van der Waals surface area contributed by atoms with E-state index in [2.05, 4.69) is 4.72 Å². The minimum absolute atomic E-state index is 0.0976. The number of aryl methyl sites for hydroxylation is 1. The minimum Gasteiger partial charge on any atom is -0.274 e. The molecule has 0 aliphatic heterocycles. The molecular formula is C15H18N2O5S. The van der Waals surface area contributed by atoms with Gasteiger partial charge in [-0.2, -0.15) is 0 Å². The zero-order valence-corrected chi connectivity index (χ0v) is 13.5. The van der Waals surface area contributed by atoms with Gasteiger partial charge in [0.25, 0.3) is 15.7 Å². The Morgan fingerprint density at radius 1 is 1.30 bits per heavy atom. The summed E-state index contributed by atoms with van der Waals surface area (Å²) in [7, 11) is -4.01. The molecule has 0 spiro atoms. The van der Waals surface area contributed by atoms with Crippen LogP contribution in [0.25, 0.3) is 0 Å². The van der Waals surface area contributed by atoms with E-state index >= 15 is 0 Å². The van der Waals surface area contributed by atoms with Gasteiger partial charge in [-0.05, 0) is 49.7 Å². The van der Waals surface area contributed by atoms with Gasteiger partial charge in [-0.25, -0.2) is 13.1 Å². The van der Waals surface area contributed by atoms with E-state index in [-0.39, 0.29) is 28.0 Å². The van der Waals surface area contributed by atoms with Gasteiger partial charge in [0, 0.05) is 18.1 Å². The summed E-state index contributed by atoms with van der Waals surface area (Å²) in [4.78, 5) is 22.4. The van der Waals surface area contributed by atoms with E-state index in [1.807, 2.05) is 0 Å². The van der Waals surface area contributed by atoms with Crippen LogP contribution in [0.4, 0.5) is 5.69 Å². The molecule has 2 bridgehead atoms. The average Bonchev–Trinajstić information content (AvgIpc) is 3.08. The van der Waals surface area contributed by atoms with Crippen molar-refractivity contribution in [3.05, 3.63) is 33.9 Å². The average molecular weight is 338 g/mol. The van der Waals surface area contributed by atoms with Gasteiger partial charge >= 0.3 is 0 Å². The maximum Gasteiger partial charge on any atom is 0.269 e. The number of rotatable bonds is 4. The van der Waals surface area contributed by atoms with Gasteiger partial charge in [-0.1, -0.05) is 6.42 Å². The predicted octanol–water partition coefficient (Wildman–Crippen LogP) is 2.14. The lowest BCUT2D eigenvalue weighted by molar-refractivity contribution is -0.385. The van der Waals surface area contributed by atoms with E-state index in [1.54, 1.807) is 0 Å². The van der Waals surface area contributed by atoms with Crippen molar-refractivity contribution in [3.63, 3.8) is 0 Å². The molecule has 3 unspecified atom stereocenters. The Bertz CT molecular complexity index is 774. The highest BCUT2D eigenvalue weighted by atomic mass is 32.2. The molecule has 1 aromatic rings. The number of non-ortho nitro benzene ring substituents is 1. The molecule has 1 N–H and O–H groups in total. The molecule has 7 nitrogen and oxygen atoms in total. The molecule has 8 heteroatoms. The summed E-state index contributed by atoms with van der Waals surface area (Å²) in [6.07, 6.45) is 3.88. The molecule has 23 heavy (non-hydrogen) atoms. The molecule has 124 valence electrons. The van der Waals surface area contributed by atoms with Crippen molar-refractivity contribution < 1.29 is 18.1 Å². The molecule has 3 rings (SSSR count). The summed E-state index contributed by atoms with van der Waals surface area (Å²) in [5.74, 6) is 0.143. The molecule has 2 fully saturated rings. The lowest BCUT2D eigenvalue weighted by atomic mass is 9.88. The summed E-state index contributed by atoms with van der Waals surface area (Å²) in [6, 6.07) is 3.49. The highest BCUT2D eigenvalue weighted by Gasteiger charge is 2.44.